The van der Waals surface area contributed by atoms with Crippen LogP contribution in [0.4, 0.5) is 0 Å². The van der Waals surface area contributed by atoms with Gasteiger partial charge in [-0.25, -0.2) is 4.98 Å². The maximum Gasteiger partial charge on any atom is 0.0949 e. The first-order valence-electron chi connectivity index (χ1n) is 7.12. The zero-order valence-electron chi connectivity index (χ0n) is 12.7. The second-order valence-corrected chi connectivity index (χ2v) is 6.60. The second kappa shape index (κ2) is 6.93. The average molecular weight is 251 g/mol. The summed E-state index contributed by atoms with van der Waals surface area (Å²) in [5.41, 5.74) is 1.29. The molecule has 0 radical (unpaired) electrons. The minimum Gasteiger partial charge on any atom is -0.337 e. The molecule has 0 unspecified atom stereocenters. The van der Waals surface area contributed by atoms with Gasteiger partial charge in [0.2, 0.25) is 0 Å². The monoisotopic (exact) mass is 251 g/mol. The van der Waals surface area contributed by atoms with Gasteiger partial charge in [-0.3, -0.25) is 0 Å². The molecule has 0 aliphatic heterocycles. The van der Waals surface area contributed by atoms with Gasteiger partial charge in [0.15, 0.2) is 0 Å². The normalized spacial score (nSPS) is 12.3. The SMILES string of the molecule is CC(C)CCCCn1cnc(CNC(C)(C)C)c1. The van der Waals surface area contributed by atoms with Gasteiger partial charge in [-0.1, -0.05) is 26.7 Å². The van der Waals surface area contributed by atoms with Crippen molar-refractivity contribution in [3.8, 4) is 0 Å². The first-order chi connectivity index (χ1) is 8.37. The summed E-state index contributed by atoms with van der Waals surface area (Å²) < 4.78 is 2.21. The molecule has 104 valence electrons. The standard InChI is InChI=1S/C15H29N3/c1-13(2)8-6-7-9-18-11-14(16-12-18)10-17-15(3,4)5/h11-13,17H,6-10H2,1-5H3. The largest absolute Gasteiger partial charge is 0.337 e. The van der Waals surface area contributed by atoms with Crippen molar-refractivity contribution in [1.82, 2.24) is 14.9 Å². The molecule has 0 amide bonds. The van der Waals surface area contributed by atoms with Gasteiger partial charge in [0.1, 0.15) is 0 Å². The highest BCUT2D eigenvalue weighted by Crippen LogP contribution is 2.08. The maximum atomic E-state index is 4.43. The third-order valence-electron chi connectivity index (χ3n) is 2.93. The van der Waals surface area contributed by atoms with Gasteiger partial charge in [0, 0.05) is 24.8 Å². The van der Waals surface area contributed by atoms with E-state index in [4.69, 9.17) is 0 Å². The Hall–Kier alpha value is -0.830. The van der Waals surface area contributed by atoms with E-state index in [1.165, 1.54) is 19.3 Å². The van der Waals surface area contributed by atoms with Crippen molar-refractivity contribution in [2.45, 2.75) is 72.5 Å². The number of unbranched alkanes of at least 4 members (excludes halogenated alkanes) is 1. The Morgan fingerprint density at radius 3 is 2.61 bits per heavy atom. The molecule has 0 aliphatic rings. The first-order valence-corrected chi connectivity index (χ1v) is 7.12. The topological polar surface area (TPSA) is 29.9 Å². The smallest absolute Gasteiger partial charge is 0.0949 e. The lowest BCUT2D eigenvalue weighted by atomic mass is 10.1. The average Bonchev–Trinajstić information content (AvgIpc) is 2.68. The molecule has 1 heterocycles. The molecular weight excluding hydrogens is 222 g/mol. The number of nitrogens with zero attached hydrogens (tertiary/aromatic N) is 2. The molecule has 1 rings (SSSR count). The number of aromatic nitrogens is 2. The van der Waals surface area contributed by atoms with Crippen molar-refractivity contribution in [3.05, 3.63) is 18.2 Å². The van der Waals surface area contributed by atoms with Crippen molar-refractivity contribution in [2.24, 2.45) is 5.92 Å². The number of hydrogen-bond acceptors (Lipinski definition) is 2. The third kappa shape index (κ3) is 6.80. The molecule has 0 fully saturated rings. The molecule has 3 heteroatoms. The number of nitrogens with one attached hydrogen (secondary N) is 1. The zero-order valence-corrected chi connectivity index (χ0v) is 12.7. The zero-order chi connectivity index (χ0) is 13.6. The predicted molar refractivity (Wildman–Crippen MR) is 77.5 cm³/mol. The van der Waals surface area contributed by atoms with E-state index in [-0.39, 0.29) is 5.54 Å². The predicted octanol–water partition coefficient (Wildman–Crippen LogP) is 3.60. The fraction of sp³-hybridized carbons (Fsp3) is 0.800. The molecule has 1 aromatic rings. The van der Waals surface area contributed by atoms with E-state index in [1.54, 1.807) is 0 Å². The summed E-state index contributed by atoms with van der Waals surface area (Å²) in [7, 11) is 0. The molecule has 0 bridgehead atoms. The third-order valence-corrected chi connectivity index (χ3v) is 2.93. The van der Waals surface area contributed by atoms with E-state index in [0.29, 0.717) is 0 Å². The Morgan fingerprint density at radius 1 is 1.28 bits per heavy atom. The van der Waals surface area contributed by atoms with Crippen molar-refractivity contribution in [2.75, 3.05) is 0 Å². The minimum absolute atomic E-state index is 0.154. The summed E-state index contributed by atoms with van der Waals surface area (Å²) in [6.07, 6.45) is 8.00. The van der Waals surface area contributed by atoms with Crippen LogP contribution in [-0.4, -0.2) is 15.1 Å². The lowest BCUT2D eigenvalue weighted by Gasteiger charge is -2.19. The highest BCUT2D eigenvalue weighted by atomic mass is 15.1. The van der Waals surface area contributed by atoms with Crippen LogP contribution in [0.5, 0.6) is 0 Å². The molecule has 18 heavy (non-hydrogen) atoms. The van der Waals surface area contributed by atoms with Crippen LogP contribution in [0.25, 0.3) is 0 Å². The van der Waals surface area contributed by atoms with E-state index in [2.05, 4.69) is 55.7 Å². The highest BCUT2D eigenvalue weighted by Gasteiger charge is 2.09. The van der Waals surface area contributed by atoms with Crippen molar-refractivity contribution in [3.63, 3.8) is 0 Å². The van der Waals surface area contributed by atoms with Crippen LogP contribution in [0.2, 0.25) is 0 Å². The Bertz CT molecular complexity index is 334. The van der Waals surface area contributed by atoms with Gasteiger partial charge in [0.05, 0.1) is 12.0 Å². The van der Waals surface area contributed by atoms with Gasteiger partial charge in [0.25, 0.3) is 0 Å². The van der Waals surface area contributed by atoms with Gasteiger partial charge >= 0.3 is 0 Å². The van der Waals surface area contributed by atoms with Crippen LogP contribution in [-0.2, 0) is 13.1 Å². The second-order valence-electron chi connectivity index (χ2n) is 6.60. The lowest BCUT2D eigenvalue weighted by molar-refractivity contribution is 0.421. The number of rotatable bonds is 7. The lowest BCUT2D eigenvalue weighted by Crippen LogP contribution is -2.35. The van der Waals surface area contributed by atoms with E-state index >= 15 is 0 Å². The molecule has 0 atom stereocenters. The molecule has 3 nitrogen and oxygen atoms in total. The highest BCUT2D eigenvalue weighted by molar-refractivity contribution is 4.97. The fourth-order valence-electron chi connectivity index (χ4n) is 1.82. The Balaban J connectivity index is 2.26. The van der Waals surface area contributed by atoms with Crippen LogP contribution in [0.1, 0.15) is 59.6 Å². The Labute approximate surface area is 112 Å². The Kier molecular flexibility index (Phi) is 5.86. The van der Waals surface area contributed by atoms with Crippen LogP contribution < -0.4 is 5.32 Å². The van der Waals surface area contributed by atoms with Crippen LogP contribution in [0, 0.1) is 5.92 Å². The Morgan fingerprint density at radius 2 is 2.00 bits per heavy atom. The summed E-state index contributed by atoms with van der Waals surface area (Å²) in [6, 6.07) is 0. The number of aryl methyl sites for hydroxylation is 1. The van der Waals surface area contributed by atoms with Crippen LogP contribution >= 0.6 is 0 Å². The molecule has 0 saturated carbocycles. The maximum absolute atomic E-state index is 4.43. The fourth-order valence-corrected chi connectivity index (χ4v) is 1.82. The van der Waals surface area contributed by atoms with E-state index in [0.717, 1.165) is 24.7 Å². The van der Waals surface area contributed by atoms with Gasteiger partial charge in [-0.2, -0.15) is 0 Å². The van der Waals surface area contributed by atoms with Gasteiger partial charge in [-0.15, -0.1) is 0 Å². The molecule has 0 spiro atoms. The summed E-state index contributed by atoms with van der Waals surface area (Å²) >= 11 is 0. The first kappa shape index (κ1) is 15.2. The number of imidazole rings is 1. The molecule has 0 saturated heterocycles. The summed E-state index contributed by atoms with van der Waals surface area (Å²) in [5, 5.41) is 3.46. The van der Waals surface area contributed by atoms with E-state index < -0.39 is 0 Å². The van der Waals surface area contributed by atoms with E-state index in [9.17, 15) is 0 Å². The molecule has 0 aromatic carbocycles. The quantitative estimate of drug-likeness (QED) is 0.750. The summed E-state index contributed by atoms with van der Waals surface area (Å²) in [4.78, 5) is 4.43. The van der Waals surface area contributed by atoms with Crippen molar-refractivity contribution in [1.29, 1.82) is 0 Å². The summed E-state index contributed by atoms with van der Waals surface area (Å²) in [5.74, 6) is 0.819. The molecule has 0 aliphatic carbocycles. The van der Waals surface area contributed by atoms with E-state index in [1.807, 2.05) is 6.33 Å². The molecule has 1 N–H and O–H groups in total. The van der Waals surface area contributed by atoms with Gasteiger partial charge in [-0.05, 0) is 33.1 Å². The minimum atomic E-state index is 0.154. The molecule has 1 aromatic heterocycles. The van der Waals surface area contributed by atoms with Gasteiger partial charge < -0.3 is 9.88 Å². The number of hydrogen-bond donors (Lipinski definition) is 1. The summed E-state index contributed by atoms with van der Waals surface area (Å²) in [6.45, 7) is 13.0. The molecular formula is C15H29N3. The van der Waals surface area contributed by atoms with Crippen LogP contribution in [0.3, 0.4) is 0 Å². The van der Waals surface area contributed by atoms with Crippen molar-refractivity contribution >= 4 is 0 Å². The van der Waals surface area contributed by atoms with Crippen molar-refractivity contribution < 1.29 is 0 Å². The van der Waals surface area contributed by atoms with Crippen LogP contribution in [0.15, 0.2) is 12.5 Å².